The molecule has 0 saturated carbocycles. The number of hydrogen-bond donors (Lipinski definition) is 1. The molecule has 1 fully saturated rings. The highest BCUT2D eigenvalue weighted by Gasteiger charge is 2.33. The van der Waals surface area contributed by atoms with Crippen molar-refractivity contribution >= 4 is 45.0 Å². The highest BCUT2D eigenvalue weighted by atomic mass is 35.5. The Hall–Kier alpha value is -1.15. The van der Waals surface area contributed by atoms with Crippen molar-refractivity contribution in [3.8, 4) is 0 Å². The second kappa shape index (κ2) is 5.09. The summed E-state index contributed by atoms with van der Waals surface area (Å²) in [7, 11) is -3.99. The number of halogens is 2. The van der Waals surface area contributed by atoms with Crippen molar-refractivity contribution in [2.75, 3.05) is 13.1 Å². The van der Waals surface area contributed by atoms with E-state index >= 15 is 0 Å². The molecule has 1 aliphatic heterocycles. The van der Waals surface area contributed by atoms with Crippen LogP contribution in [0.5, 0.6) is 0 Å². The first-order chi connectivity index (χ1) is 8.79. The summed E-state index contributed by atoms with van der Waals surface area (Å²) in [6.45, 7) is -0.837. The van der Waals surface area contributed by atoms with Gasteiger partial charge in [-0.3, -0.25) is 14.9 Å². The van der Waals surface area contributed by atoms with E-state index in [2.05, 4.69) is 0 Å². The smallest absolute Gasteiger partial charge is 0.244 e. The molecule has 2 rings (SSSR count). The maximum Gasteiger partial charge on any atom is 0.244 e. The minimum Gasteiger partial charge on any atom is -0.294 e. The first-order valence-corrected chi connectivity index (χ1v) is 7.27. The molecule has 6 nitrogen and oxygen atoms in total. The van der Waals surface area contributed by atoms with E-state index in [1.165, 1.54) is 18.2 Å². The van der Waals surface area contributed by atoms with Gasteiger partial charge in [-0.15, -0.1) is 0 Å². The van der Waals surface area contributed by atoms with Gasteiger partial charge in [-0.25, -0.2) is 8.42 Å². The third-order valence-corrected chi connectivity index (χ3v) is 4.60. The summed E-state index contributed by atoms with van der Waals surface area (Å²) >= 11 is 11.5. The number of nitrogens with zero attached hydrogens (tertiary/aromatic N) is 1. The molecular formula is C10H8Cl2N2O4S. The average molecular weight is 323 g/mol. The first-order valence-electron chi connectivity index (χ1n) is 5.08. The van der Waals surface area contributed by atoms with E-state index in [1.54, 1.807) is 0 Å². The van der Waals surface area contributed by atoms with Gasteiger partial charge in [-0.1, -0.05) is 23.2 Å². The van der Waals surface area contributed by atoms with Gasteiger partial charge in [0, 0.05) is 10.0 Å². The summed E-state index contributed by atoms with van der Waals surface area (Å²) in [5.74, 6) is -1.35. The van der Waals surface area contributed by atoms with Crippen molar-refractivity contribution in [3.63, 3.8) is 0 Å². The molecule has 1 N–H and O–H groups in total. The van der Waals surface area contributed by atoms with E-state index in [1.807, 2.05) is 5.32 Å². The van der Waals surface area contributed by atoms with E-state index in [4.69, 9.17) is 23.2 Å². The Bertz CT molecular complexity index is 623. The molecule has 1 aromatic rings. The quantitative estimate of drug-likeness (QED) is 0.810. The van der Waals surface area contributed by atoms with Crippen LogP contribution in [0.3, 0.4) is 0 Å². The molecule has 19 heavy (non-hydrogen) atoms. The number of carbonyl (C=O) groups excluding carboxylic acids is 2. The minimum atomic E-state index is -3.99. The fraction of sp³-hybridized carbons (Fsp3) is 0.200. The summed E-state index contributed by atoms with van der Waals surface area (Å²) in [6.07, 6.45) is 0. The van der Waals surface area contributed by atoms with E-state index in [-0.39, 0.29) is 14.9 Å². The van der Waals surface area contributed by atoms with Crippen LogP contribution in [0.25, 0.3) is 0 Å². The largest absolute Gasteiger partial charge is 0.294 e. The number of imide groups is 1. The number of carbonyl (C=O) groups is 2. The Morgan fingerprint density at radius 1 is 1.00 bits per heavy atom. The number of sulfonamides is 1. The highest BCUT2D eigenvalue weighted by Crippen LogP contribution is 2.25. The molecule has 0 atom stereocenters. The zero-order valence-electron chi connectivity index (χ0n) is 9.39. The Labute approximate surface area is 119 Å². The lowest BCUT2D eigenvalue weighted by molar-refractivity contribution is -0.134. The summed E-state index contributed by atoms with van der Waals surface area (Å²) < 4.78 is 25.3. The third-order valence-electron chi connectivity index (χ3n) is 2.39. The predicted octanol–water partition coefficient (Wildman–Crippen LogP) is 0.641. The third kappa shape index (κ3) is 3.06. The number of nitrogens with one attached hydrogen (secondary N) is 1. The molecule has 1 heterocycles. The Morgan fingerprint density at radius 2 is 1.47 bits per heavy atom. The van der Waals surface area contributed by atoms with Gasteiger partial charge in [0.15, 0.2) is 0 Å². The molecule has 0 aliphatic carbocycles. The van der Waals surface area contributed by atoms with Crippen LogP contribution >= 0.6 is 23.2 Å². The minimum absolute atomic E-state index is 0.152. The van der Waals surface area contributed by atoms with Crippen molar-refractivity contribution in [1.29, 1.82) is 0 Å². The van der Waals surface area contributed by atoms with Crippen molar-refractivity contribution in [1.82, 2.24) is 9.62 Å². The molecule has 0 spiro atoms. The van der Waals surface area contributed by atoms with Gasteiger partial charge in [0.05, 0.1) is 18.0 Å². The molecule has 102 valence electrons. The molecule has 1 aliphatic rings. The predicted molar refractivity (Wildman–Crippen MR) is 68.4 cm³/mol. The fourth-order valence-corrected chi connectivity index (χ4v) is 3.69. The lowest BCUT2D eigenvalue weighted by atomic mass is 10.4. The molecule has 0 radical (unpaired) electrons. The molecule has 2 amide bonds. The molecule has 0 bridgehead atoms. The van der Waals surface area contributed by atoms with Crippen LogP contribution in [0.2, 0.25) is 10.0 Å². The molecule has 0 unspecified atom stereocenters. The van der Waals surface area contributed by atoms with E-state index in [0.717, 1.165) is 4.31 Å². The van der Waals surface area contributed by atoms with Crippen LogP contribution in [0.1, 0.15) is 0 Å². The summed E-state index contributed by atoms with van der Waals surface area (Å²) in [5.41, 5.74) is 0. The van der Waals surface area contributed by atoms with Crippen molar-refractivity contribution in [2.24, 2.45) is 0 Å². The number of piperazine rings is 1. The van der Waals surface area contributed by atoms with Crippen molar-refractivity contribution in [2.45, 2.75) is 4.90 Å². The topological polar surface area (TPSA) is 83.6 Å². The van der Waals surface area contributed by atoms with Gasteiger partial charge >= 0.3 is 0 Å². The van der Waals surface area contributed by atoms with Crippen LogP contribution in [0.15, 0.2) is 23.1 Å². The summed E-state index contributed by atoms with van der Waals surface area (Å²) in [4.78, 5) is 22.3. The molecule has 9 heteroatoms. The maximum absolute atomic E-state index is 12.3. The van der Waals surface area contributed by atoms with Crippen LogP contribution in [-0.4, -0.2) is 37.6 Å². The monoisotopic (exact) mass is 322 g/mol. The second-order valence-corrected chi connectivity index (χ2v) is 6.66. The SMILES string of the molecule is O=C1CN(S(=O)(=O)c2cc(Cl)cc(Cl)c2)CC(=O)N1. The number of hydrogen-bond acceptors (Lipinski definition) is 4. The molecule has 0 aromatic heterocycles. The maximum atomic E-state index is 12.3. The number of amides is 2. The average Bonchev–Trinajstić information content (AvgIpc) is 2.26. The molecule has 1 saturated heterocycles. The van der Waals surface area contributed by atoms with Crippen LogP contribution in [-0.2, 0) is 19.6 Å². The molecule has 1 aromatic carbocycles. The van der Waals surface area contributed by atoms with Crippen LogP contribution in [0, 0.1) is 0 Å². The lowest BCUT2D eigenvalue weighted by Crippen LogP contribution is -2.53. The van der Waals surface area contributed by atoms with E-state index < -0.39 is 34.9 Å². The Morgan fingerprint density at radius 3 is 1.95 bits per heavy atom. The van der Waals surface area contributed by atoms with Crippen LogP contribution < -0.4 is 5.32 Å². The summed E-state index contributed by atoms with van der Waals surface area (Å²) in [6, 6.07) is 3.80. The van der Waals surface area contributed by atoms with E-state index in [9.17, 15) is 18.0 Å². The standard InChI is InChI=1S/C10H8Cl2N2O4S/c11-6-1-7(12)3-8(2-6)19(17,18)14-4-9(15)13-10(16)5-14/h1-3H,4-5H2,(H,13,15,16). The fourth-order valence-electron chi connectivity index (χ4n) is 1.61. The van der Waals surface area contributed by atoms with Gasteiger partial charge in [-0.2, -0.15) is 4.31 Å². The van der Waals surface area contributed by atoms with Crippen LogP contribution in [0.4, 0.5) is 0 Å². The second-order valence-electron chi connectivity index (χ2n) is 3.85. The molecular weight excluding hydrogens is 315 g/mol. The Kier molecular flexibility index (Phi) is 3.82. The van der Waals surface area contributed by atoms with E-state index in [0.29, 0.717) is 0 Å². The van der Waals surface area contributed by atoms with Crippen molar-refractivity contribution < 1.29 is 18.0 Å². The zero-order chi connectivity index (χ0) is 14.2. The van der Waals surface area contributed by atoms with Gasteiger partial charge in [0.25, 0.3) is 0 Å². The van der Waals surface area contributed by atoms with Gasteiger partial charge in [0.2, 0.25) is 21.8 Å². The highest BCUT2D eigenvalue weighted by molar-refractivity contribution is 7.89. The lowest BCUT2D eigenvalue weighted by Gasteiger charge is -2.24. The van der Waals surface area contributed by atoms with Gasteiger partial charge in [0.1, 0.15) is 0 Å². The number of benzene rings is 1. The first kappa shape index (κ1) is 14.3. The normalized spacial score (nSPS) is 17.4. The summed E-state index contributed by atoms with van der Waals surface area (Å²) in [5, 5.41) is 2.32. The zero-order valence-corrected chi connectivity index (χ0v) is 11.7. The van der Waals surface area contributed by atoms with Crippen molar-refractivity contribution in [3.05, 3.63) is 28.2 Å². The number of rotatable bonds is 2. The van der Waals surface area contributed by atoms with Gasteiger partial charge < -0.3 is 0 Å². The Balaban J connectivity index is 2.41. The van der Waals surface area contributed by atoms with Gasteiger partial charge in [-0.05, 0) is 18.2 Å².